The molecule has 0 atom stereocenters. The van der Waals surface area contributed by atoms with Gasteiger partial charge in [0.15, 0.2) is 0 Å². The van der Waals surface area contributed by atoms with Gasteiger partial charge >= 0.3 is 0 Å². The SMILES string of the molecule is CC.CC(C)c1cc(F)c2ncccc2c1.CCc1ccc(F)c2ncccc12. The first-order chi connectivity index (χ1) is 14.0. The molecule has 4 aromatic rings. The second-order valence-electron chi connectivity index (χ2n) is 6.69. The molecule has 0 radical (unpaired) electrons. The highest BCUT2D eigenvalue weighted by Crippen LogP contribution is 2.22. The van der Waals surface area contributed by atoms with E-state index < -0.39 is 0 Å². The average Bonchev–Trinajstić information content (AvgIpc) is 2.76. The summed E-state index contributed by atoms with van der Waals surface area (Å²) in [5, 5.41) is 1.79. The van der Waals surface area contributed by atoms with Gasteiger partial charge in [-0.2, -0.15) is 0 Å². The molecule has 29 heavy (non-hydrogen) atoms. The maximum absolute atomic E-state index is 13.5. The third-order valence-corrected chi connectivity index (χ3v) is 4.54. The van der Waals surface area contributed by atoms with Crippen LogP contribution in [0, 0.1) is 11.6 Å². The number of pyridine rings is 2. The highest BCUT2D eigenvalue weighted by atomic mass is 19.1. The lowest BCUT2D eigenvalue weighted by molar-refractivity contribution is 0.632. The Morgan fingerprint density at radius 1 is 0.828 bits per heavy atom. The molecule has 0 saturated heterocycles. The largest absolute Gasteiger partial charge is 0.253 e. The second kappa shape index (κ2) is 10.6. The summed E-state index contributed by atoms with van der Waals surface area (Å²) >= 11 is 0. The molecule has 0 saturated carbocycles. The maximum atomic E-state index is 13.5. The third kappa shape index (κ3) is 5.35. The number of aromatic nitrogens is 2. The molecule has 2 heterocycles. The highest BCUT2D eigenvalue weighted by Gasteiger charge is 2.06. The summed E-state index contributed by atoms with van der Waals surface area (Å²) in [7, 11) is 0. The first-order valence-electron chi connectivity index (χ1n) is 10.1. The van der Waals surface area contributed by atoms with Gasteiger partial charge in [-0.05, 0) is 53.8 Å². The molecular formula is C25H28F2N2. The van der Waals surface area contributed by atoms with Crippen LogP contribution < -0.4 is 0 Å². The van der Waals surface area contributed by atoms with Crippen molar-refractivity contribution in [3.05, 3.63) is 83.7 Å². The Balaban J connectivity index is 0.000000191. The average molecular weight is 395 g/mol. The Morgan fingerprint density at radius 2 is 1.48 bits per heavy atom. The summed E-state index contributed by atoms with van der Waals surface area (Å²) in [5.41, 5.74) is 3.09. The van der Waals surface area contributed by atoms with Crippen molar-refractivity contribution in [2.75, 3.05) is 0 Å². The zero-order valence-electron chi connectivity index (χ0n) is 17.7. The quantitative estimate of drug-likeness (QED) is 0.353. The van der Waals surface area contributed by atoms with E-state index in [1.54, 1.807) is 18.5 Å². The fourth-order valence-corrected chi connectivity index (χ4v) is 3.01. The molecule has 0 aliphatic heterocycles. The zero-order valence-corrected chi connectivity index (χ0v) is 17.7. The summed E-state index contributed by atoms with van der Waals surface area (Å²) in [5.74, 6) is -0.131. The van der Waals surface area contributed by atoms with Crippen LogP contribution in [-0.4, -0.2) is 9.97 Å². The molecule has 2 aromatic carbocycles. The monoisotopic (exact) mass is 394 g/mol. The van der Waals surface area contributed by atoms with Gasteiger partial charge < -0.3 is 0 Å². The van der Waals surface area contributed by atoms with Gasteiger partial charge in [-0.3, -0.25) is 9.97 Å². The number of hydrogen-bond donors (Lipinski definition) is 0. The van der Waals surface area contributed by atoms with Crippen LogP contribution in [0.5, 0.6) is 0 Å². The molecule has 0 N–H and O–H groups in total. The maximum Gasteiger partial charge on any atom is 0.149 e. The number of benzene rings is 2. The Labute approximate surface area is 171 Å². The molecule has 0 aliphatic rings. The Kier molecular flexibility index (Phi) is 8.20. The van der Waals surface area contributed by atoms with E-state index in [1.165, 1.54) is 6.07 Å². The number of rotatable bonds is 2. The van der Waals surface area contributed by atoms with Crippen LogP contribution in [-0.2, 0) is 6.42 Å². The fraction of sp³-hybridized carbons (Fsp3) is 0.280. The van der Waals surface area contributed by atoms with Crippen molar-refractivity contribution in [3.63, 3.8) is 0 Å². The molecule has 2 nitrogen and oxygen atoms in total. The van der Waals surface area contributed by atoms with Crippen molar-refractivity contribution in [3.8, 4) is 0 Å². The van der Waals surface area contributed by atoms with E-state index in [0.717, 1.165) is 28.3 Å². The van der Waals surface area contributed by atoms with E-state index in [-0.39, 0.29) is 11.6 Å². The topological polar surface area (TPSA) is 25.8 Å². The number of nitrogens with zero attached hydrogens (tertiary/aromatic N) is 2. The summed E-state index contributed by atoms with van der Waals surface area (Å²) in [6, 6.07) is 14.3. The smallest absolute Gasteiger partial charge is 0.149 e. The van der Waals surface area contributed by atoms with Gasteiger partial charge in [-0.25, -0.2) is 8.78 Å². The minimum atomic E-state index is -0.243. The number of halogens is 2. The predicted octanol–water partition coefficient (Wildman–Crippen LogP) is 7.46. The van der Waals surface area contributed by atoms with Crippen LogP contribution in [0.1, 0.15) is 51.7 Å². The molecular weight excluding hydrogens is 366 g/mol. The Morgan fingerprint density at radius 3 is 2.14 bits per heavy atom. The highest BCUT2D eigenvalue weighted by molar-refractivity contribution is 5.82. The number of hydrogen-bond acceptors (Lipinski definition) is 2. The first-order valence-corrected chi connectivity index (χ1v) is 10.1. The van der Waals surface area contributed by atoms with Gasteiger partial charge in [0.25, 0.3) is 0 Å². The molecule has 0 amide bonds. The predicted molar refractivity (Wildman–Crippen MR) is 118 cm³/mol. The van der Waals surface area contributed by atoms with Crippen LogP contribution in [0.3, 0.4) is 0 Å². The van der Waals surface area contributed by atoms with Crippen molar-refractivity contribution < 1.29 is 8.78 Å². The van der Waals surface area contributed by atoms with Crippen LogP contribution in [0.25, 0.3) is 21.8 Å². The van der Waals surface area contributed by atoms with Gasteiger partial charge in [0.2, 0.25) is 0 Å². The van der Waals surface area contributed by atoms with E-state index in [2.05, 4.69) is 30.7 Å². The minimum Gasteiger partial charge on any atom is -0.253 e. The molecule has 152 valence electrons. The van der Waals surface area contributed by atoms with E-state index in [4.69, 9.17) is 0 Å². The summed E-state index contributed by atoms with van der Waals surface area (Å²) in [4.78, 5) is 8.02. The first kappa shape index (κ1) is 22.4. The van der Waals surface area contributed by atoms with Gasteiger partial charge in [0.05, 0.1) is 0 Å². The van der Waals surface area contributed by atoms with Gasteiger partial charge in [0, 0.05) is 23.2 Å². The number of aryl methyl sites for hydroxylation is 1. The lowest BCUT2D eigenvalue weighted by atomic mass is 10.0. The summed E-state index contributed by atoms with van der Waals surface area (Å²) < 4.78 is 26.8. The molecule has 4 rings (SSSR count). The lowest BCUT2D eigenvalue weighted by Crippen LogP contribution is -1.91. The van der Waals surface area contributed by atoms with Gasteiger partial charge in [-0.1, -0.05) is 52.8 Å². The van der Waals surface area contributed by atoms with Crippen LogP contribution in [0.2, 0.25) is 0 Å². The van der Waals surface area contributed by atoms with Crippen molar-refractivity contribution >= 4 is 21.8 Å². The molecule has 4 heteroatoms. The lowest BCUT2D eigenvalue weighted by Gasteiger charge is -2.07. The van der Waals surface area contributed by atoms with E-state index in [0.29, 0.717) is 17.0 Å². The van der Waals surface area contributed by atoms with E-state index >= 15 is 0 Å². The molecule has 0 spiro atoms. The normalized spacial score (nSPS) is 10.3. The van der Waals surface area contributed by atoms with Gasteiger partial charge in [0.1, 0.15) is 22.7 Å². The van der Waals surface area contributed by atoms with Gasteiger partial charge in [-0.15, -0.1) is 0 Å². The summed E-state index contributed by atoms with van der Waals surface area (Å²) in [6.07, 6.45) is 4.13. The Hall–Kier alpha value is -2.88. The zero-order chi connectivity index (χ0) is 21.4. The van der Waals surface area contributed by atoms with Crippen molar-refractivity contribution in [2.24, 2.45) is 0 Å². The summed E-state index contributed by atoms with van der Waals surface area (Å²) in [6.45, 7) is 10.2. The van der Waals surface area contributed by atoms with Crippen LogP contribution in [0.4, 0.5) is 8.78 Å². The van der Waals surface area contributed by atoms with Crippen LogP contribution >= 0.6 is 0 Å². The molecule has 0 bridgehead atoms. The molecule has 0 fully saturated rings. The third-order valence-electron chi connectivity index (χ3n) is 4.54. The van der Waals surface area contributed by atoms with E-state index in [9.17, 15) is 8.78 Å². The second-order valence-corrected chi connectivity index (χ2v) is 6.69. The minimum absolute atomic E-state index is 0.230. The van der Waals surface area contributed by atoms with Crippen molar-refractivity contribution in [2.45, 2.75) is 47.0 Å². The molecule has 0 aliphatic carbocycles. The van der Waals surface area contributed by atoms with Crippen LogP contribution in [0.15, 0.2) is 60.9 Å². The fourth-order valence-electron chi connectivity index (χ4n) is 3.01. The van der Waals surface area contributed by atoms with Crippen molar-refractivity contribution in [1.82, 2.24) is 9.97 Å². The van der Waals surface area contributed by atoms with Crippen molar-refractivity contribution in [1.29, 1.82) is 0 Å². The number of fused-ring (bicyclic) bond motifs is 2. The standard InChI is InChI=1S/C12H12FN.C11H10FN.C2H6/c1-8(2)10-6-9-4-3-5-14-12(9)11(13)7-10;1-2-8-5-6-10(12)11-9(8)4-3-7-13-11;1-2/h3-8H,1-2H3;3-7H,2H2,1H3;1-2H3. The molecule has 2 aromatic heterocycles. The Bertz CT molecular complexity index is 1070. The molecule has 0 unspecified atom stereocenters. The van der Waals surface area contributed by atoms with E-state index in [1.807, 2.05) is 50.2 Å².